The van der Waals surface area contributed by atoms with Crippen molar-refractivity contribution < 1.29 is 17.2 Å². The molecule has 2 N–H and O–H groups in total. The zero-order valence-electron chi connectivity index (χ0n) is 16.6. The molecule has 8 nitrogen and oxygen atoms in total. The maximum absolute atomic E-state index is 14.2. The Labute approximate surface area is 172 Å². The van der Waals surface area contributed by atoms with Crippen LogP contribution in [0, 0.1) is 11.6 Å². The van der Waals surface area contributed by atoms with E-state index in [-0.39, 0.29) is 35.2 Å². The predicted octanol–water partition coefficient (Wildman–Crippen LogP) is 3.42. The normalized spacial score (nSPS) is 16.8. The molecular formula is C19H22F2N6O2S. The largest absolute Gasteiger partial charge is 0.352 e. The van der Waals surface area contributed by atoms with Gasteiger partial charge in [0, 0.05) is 12.1 Å². The first-order valence-corrected chi connectivity index (χ1v) is 11.5. The second kappa shape index (κ2) is 7.78. The van der Waals surface area contributed by atoms with Crippen molar-refractivity contribution >= 4 is 38.6 Å². The van der Waals surface area contributed by atoms with Crippen LogP contribution in [-0.4, -0.2) is 45.5 Å². The average Bonchev–Trinajstić information content (AvgIpc) is 3.02. The number of nitrogens with one attached hydrogen (secondary N) is 2. The van der Waals surface area contributed by atoms with Crippen molar-refractivity contribution in [3.63, 3.8) is 0 Å². The summed E-state index contributed by atoms with van der Waals surface area (Å²) in [6, 6.07) is 3.44. The van der Waals surface area contributed by atoms with Gasteiger partial charge in [-0.1, -0.05) is 6.07 Å². The minimum absolute atomic E-state index is 0.0347. The molecule has 0 unspecified atom stereocenters. The van der Waals surface area contributed by atoms with E-state index in [1.807, 2.05) is 13.8 Å². The molecule has 160 valence electrons. The summed E-state index contributed by atoms with van der Waals surface area (Å²) in [5.41, 5.74) is 0.583. The van der Waals surface area contributed by atoms with E-state index in [0.717, 1.165) is 12.1 Å². The molecule has 1 aliphatic rings. The van der Waals surface area contributed by atoms with Crippen LogP contribution in [0.15, 0.2) is 24.4 Å². The van der Waals surface area contributed by atoms with Gasteiger partial charge in [-0.3, -0.25) is 4.57 Å². The van der Waals surface area contributed by atoms with Gasteiger partial charge >= 0.3 is 0 Å². The first kappa shape index (κ1) is 20.5. The Bertz CT molecular complexity index is 1160. The number of aromatic nitrogens is 4. The number of hydrogen-bond donors (Lipinski definition) is 2. The van der Waals surface area contributed by atoms with Gasteiger partial charge in [-0.05, 0) is 38.8 Å². The predicted molar refractivity (Wildman–Crippen MR) is 111 cm³/mol. The smallest absolute Gasteiger partial charge is 0.224 e. The van der Waals surface area contributed by atoms with Crippen molar-refractivity contribution in [3.05, 3.63) is 36.0 Å². The van der Waals surface area contributed by atoms with E-state index in [4.69, 9.17) is 0 Å². The number of nitrogens with zero attached hydrogens (tertiary/aromatic N) is 4. The fourth-order valence-electron chi connectivity index (χ4n) is 3.52. The summed E-state index contributed by atoms with van der Waals surface area (Å²) >= 11 is 0. The van der Waals surface area contributed by atoms with Gasteiger partial charge in [0.15, 0.2) is 5.65 Å². The molecule has 3 aromatic rings. The lowest BCUT2D eigenvalue weighted by atomic mass is 10.1. The third-order valence-electron chi connectivity index (χ3n) is 4.94. The molecule has 30 heavy (non-hydrogen) atoms. The Balaban J connectivity index is 1.82. The highest BCUT2D eigenvalue weighted by Gasteiger charge is 2.29. The third-order valence-corrected chi connectivity index (χ3v) is 6.65. The molecule has 0 bridgehead atoms. The third kappa shape index (κ3) is 4.07. The molecule has 0 atom stereocenters. The lowest BCUT2D eigenvalue weighted by molar-refractivity contribution is 0.461. The highest BCUT2D eigenvalue weighted by Crippen LogP contribution is 2.33. The van der Waals surface area contributed by atoms with Crippen molar-refractivity contribution in [1.29, 1.82) is 0 Å². The van der Waals surface area contributed by atoms with E-state index >= 15 is 0 Å². The molecule has 0 saturated carbocycles. The van der Waals surface area contributed by atoms with Crippen LogP contribution in [0.2, 0.25) is 0 Å². The van der Waals surface area contributed by atoms with E-state index in [1.165, 1.54) is 12.3 Å². The first-order chi connectivity index (χ1) is 14.2. The summed E-state index contributed by atoms with van der Waals surface area (Å²) < 4.78 is 54.0. The summed E-state index contributed by atoms with van der Waals surface area (Å²) in [7, 11) is -3.09. The number of para-hydroxylation sites is 1. The van der Waals surface area contributed by atoms with Crippen LogP contribution in [0.5, 0.6) is 0 Å². The molecule has 1 aromatic carbocycles. The quantitative estimate of drug-likeness (QED) is 0.632. The molecule has 1 fully saturated rings. The SMILES string of the molecule is CC(C)Nc1ncc2nc(Nc3c(F)cccc3F)n(C3CCS(=O)(=O)CC3)c2n1. The fourth-order valence-corrected chi connectivity index (χ4v) is 4.98. The lowest BCUT2D eigenvalue weighted by Crippen LogP contribution is -2.26. The molecule has 0 aliphatic carbocycles. The first-order valence-electron chi connectivity index (χ1n) is 9.66. The lowest BCUT2D eigenvalue weighted by Gasteiger charge is -2.25. The number of fused-ring (bicyclic) bond motifs is 1. The summed E-state index contributed by atoms with van der Waals surface area (Å²) in [6.45, 7) is 3.90. The van der Waals surface area contributed by atoms with Crippen LogP contribution in [0.1, 0.15) is 32.7 Å². The van der Waals surface area contributed by atoms with Gasteiger partial charge in [-0.25, -0.2) is 27.2 Å². The molecule has 2 aromatic heterocycles. The second-order valence-corrected chi connectivity index (χ2v) is 9.92. The molecule has 0 radical (unpaired) electrons. The van der Waals surface area contributed by atoms with Crippen molar-refractivity contribution in [3.8, 4) is 0 Å². The minimum Gasteiger partial charge on any atom is -0.352 e. The molecule has 4 rings (SSSR count). The van der Waals surface area contributed by atoms with Crippen molar-refractivity contribution in [2.24, 2.45) is 0 Å². The van der Waals surface area contributed by atoms with Gasteiger partial charge in [0.05, 0.1) is 17.7 Å². The van der Waals surface area contributed by atoms with Crippen LogP contribution in [0.25, 0.3) is 11.2 Å². The van der Waals surface area contributed by atoms with Gasteiger partial charge < -0.3 is 10.6 Å². The number of sulfone groups is 1. The zero-order valence-corrected chi connectivity index (χ0v) is 17.4. The Morgan fingerprint density at radius 1 is 1.13 bits per heavy atom. The van der Waals surface area contributed by atoms with Crippen LogP contribution < -0.4 is 10.6 Å². The van der Waals surface area contributed by atoms with Gasteiger partial charge in [-0.2, -0.15) is 4.98 Å². The topological polar surface area (TPSA) is 102 Å². The Morgan fingerprint density at radius 3 is 2.43 bits per heavy atom. The highest BCUT2D eigenvalue weighted by atomic mass is 32.2. The second-order valence-electron chi connectivity index (χ2n) is 7.61. The summed E-state index contributed by atoms with van der Waals surface area (Å²) in [5, 5.41) is 5.86. The number of rotatable bonds is 5. The number of anilines is 3. The molecule has 1 aliphatic heterocycles. The van der Waals surface area contributed by atoms with E-state index < -0.39 is 21.5 Å². The van der Waals surface area contributed by atoms with E-state index in [2.05, 4.69) is 25.6 Å². The van der Waals surface area contributed by atoms with Crippen LogP contribution >= 0.6 is 0 Å². The molecule has 0 spiro atoms. The monoisotopic (exact) mass is 436 g/mol. The molecule has 0 amide bonds. The molecule has 1 saturated heterocycles. The highest BCUT2D eigenvalue weighted by molar-refractivity contribution is 7.91. The van der Waals surface area contributed by atoms with E-state index in [0.29, 0.717) is 30.0 Å². The molecule has 11 heteroatoms. The van der Waals surface area contributed by atoms with Gasteiger partial charge in [0.2, 0.25) is 11.9 Å². The minimum atomic E-state index is -3.09. The van der Waals surface area contributed by atoms with Gasteiger partial charge in [0.25, 0.3) is 0 Å². The maximum Gasteiger partial charge on any atom is 0.224 e. The van der Waals surface area contributed by atoms with Crippen molar-refractivity contribution in [2.75, 3.05) is 22.1 Å². The Kier molecular flexibility index (Phi) is 5.31. The summed E-state index contributed by atoms with van der Waals surface area (Å²) in [5.74, 6) is -0.860. The summed E-state index contributed by atoms with van der Waals surface area (Å²) in [4.78, 5) is 13.2. The standard InChI is InChI=1S/C19H22F2N6O2S/c1-11(2)23-18-22-10-15-17(26-18)27(12-6-8-30(28,29)9-7-12)19(24-15)25-16-13(20)4-3-5-14(16)21/h3-5,10-12H,6-9H2,1-2H3,(H,24,25)(H,22,23,26). The number of benzene rings is 1. The van der Waals surface area contributed by atoms with E-state index in [1.54, 1.807) is 4.57 Å². The molecular weight excluding hydrogens is 414 g/mol. The van der Waals surface area contributed by atoms with Gasteiger partial charge in [-0.15, -0.1) is 0 Å². The zero-order chi connectivity index (χ0) is 21.5. The van der Waals surface area contributed by atoms with Crippen molar-refractivity contribution in [2.45, 2.75) is 38.8 Å². The van der Waals surface area contributed by atoms with Crippen molar-refractivity contribution in [1.82, 2.24) is 19.5 Å². The Morgan fingerprint density at radius 2 is 1.80 bits per heavy atom. The number of hydrogen-bond acceptors (Lipinski definition) is 7. The average molecular weight is 436 g/mol. The number of halogens is 2. The van der Waals surface area contributed by atoms with Gasteiger partial charge in [0.1, 0.15) is 32.7 Å². The van der Waals surface area contributed by atoms with Crippen LogP contribution in [0.3, 0.4) is 0 Å². The van der Waals surface area contributed by atoms with Crippen LogP contribution in [-0.2, 0) is 9.84 Å². The Hall–Kier alpha value is -2.82. The maximum atomic E-state index is 14.2. The van der Waals surface area contributed by atoms with E-state index in [9.17, 15) is 17.2 Å². The van der Waals surface area contributed by atoms with Crippen LogP contribution in [0.4, 0.5) is 26.4 Å². The summed E-state index contributed by atoms with van der Waals surface area (Å²) in [6.07, 6.45) is 2.25. The fraction of sp³-hybridized carbons (Fsp3) is 0.421. The molecule has 3 heterocycles. The number of imidazole rings is 1.